The van der Waals surface area contributed by atoms with Crippen molar-refractivity contribution >= 4 is 39.0 Å². The van der Waals surface area contributed by atoms with E-state index in [0.29, 0.717) is 5.82 Å². The summed E-state index contributed by atoms with van der Waals surface area (Å²) >= 11 is 0. The minimum atomic E-state index is 0.652. The van der Waals surface area contributed by atoms with Crippen LogP contribution in [0.4, 0.5) is 17.2 Å². The first kappa shape index (κ1) is 18.1. The Labute approximate surface area is 175 Å². The molecule has 5 heteroatoms. The number of hydrogen-bond acceptors (Lipinski definition) is 5. The fourth-order valence-electron chi connectivity index (χ4n) is 3.47. The Morgan fingerprint density at radius 3 is 2.30 bits per heavy atom. The molecule has 0 amide bonds. The minimum absolute atomic E-state index is 0.652. The first-order chi connectivity index (χ1) is 14.7. The van der Waals surface area contributed by atoms with Crippen molar-refractivity contribution in [2.75, 3.05) is 24.3 Å². The molecule has 5 rings (SSSR count). The van der Waals surface area contributed by atoms with Crippen molar-refractivity contribution in [1.29, 1.82) is 0 Å². The first-order valence-corrected chi connectivity index (χ1v) is 9.84. The van der Waals surface area contributed by atoms with Gasteiger partial charge in [-0.05, 0) is 48.5 Å². The van der Waals surface area contributed by atoms with Gasteiger partial charge in [0.25, 0.3) is 0 Å². The van der Waals surface area contributed by atoms with Crippen LogP contribution in [0, 0.1) is 0 Å². The molecule has 0 saturated carbocycles. The second kappa shape index (κ2) is 7.44. The number of rotatable bonds is 4. The van der Waals surface area contributed by atoms with Gasteiger partial charge in [-0.3, -0.25) is 4.98 Å². The third kappa shape index (κ3) is 3.42. The highest BCUT2D eigenvalue weighted by Crippen LogP contribution is 2.28. The summed E-state index contributed by atoms with van der Waals surface area (Å²) in [6.45, 7) is 0. The molecule has 0 fully saturated rings. The van der Waals surface area contributed by atoms with Gasteiger partial charge in [-0.1, -0.05) is 30.3 Å². The highest BCUT2D eigenvalue weighted by Gasteiger charge is 2.11. The van der Waals surface area contributed by atoms with Crippen LogP contribution in [0.25, 0.3) is 33.2 Å². The third-order valence-corrected chi connectivity index (χ3v) is 5.10. The first-order valence-electron chi connectivity index (χ1n) is 9.84. The highest BCUT2D eigenvalue weighted by molar-refractivity contribution is 5.93. The fourth-order valence-corrected chi connectivity index (χ4v) is 3.47. The lowest BCUT2D eigenvalue weighted by atomic mass is 10.1. The maximum absolute atomic E-state index is 4.86. The van der Waals surface area contributed by atoms with Gasteiger partial charge in [0.1, 0.15) is 5.82 Å². The molecule has 0 aliphatic rings. The molecule has 2 heterocycles. The van der Waals surface area contributed by atoms with Crippen LogP contribution < -0.4 is 10.2 Å². The fraction of sp³-hybridized carbons (Fsp3) is 0.0800. The molecule has 5 nitrogen and oxygen atoms in total. The van der Waals surface area contributed by atoms with E-state index in [1.165, 1.54) is 0 Å². The Morgan fingerprint density at radius 2 is 1.50 bits per heavy atom. The van der Waals surface area contributed by atoms with Crippen molar-refractivity contribution in [2.45, 2.75) is 0 Å². The van der Waals surface area contributed by atoms with Gasteiger partial charge in [-0.25, -0.2) is 9.97 Å². The van der Waals surface area contributed by atoms with Crippen LogP contribution in [-0.2, 0) is 0 Å². The molecule has 0 unspecified atom stereocenters. The van der Waals surface area contributed by atoms with Gasteiger partial charge < -0.3 is 10.2 Å². The van der Waals surface area contributed by atoms with E-state index in [-0.39, 0.29) is 0 Å². The molecule has 30 heavy (non-hydrogen) atoms. The molecule has 0 bridgehead atoms. The van der Waals surface area contributed by atoms with Crippen LogP contribution >= 0.6 is 0 Å². The number of hydrogen-bond donors (Lipinski definition) is 1. The summed E-state index contributed by atoms with van der Waals surface area (Å²) in [5.41, 5.74) is 4.87. The van der Waals surface area contributed by atoms with E-state index in [2.05, 4.69) is 51.6 Å². The summed E-state index contributed by atoms with van der Waals surface area (Å²) in [5.74, 6) is 1.43. The zero-order chi connectivity index (χ0) is 20.5. The Hall–Kier alpha value is -3.99. The van der Waals surface area contributed by atoms with Gasteiger partial charge in [-0.2, -0.15) is 0 Å². The molecule has 0 aliphatic carbocycles. The predicted molar refractivity (Wildman–Crippen MR) is 124 cm³/mol. The number of pyridine rings is 1. The van der Waals surface area contributed by atoms with Crippen LogP contribution in [0.15, 0.2) is 85.1 Å². The van der Waals surface area contributed by atoms with Crippen molar-refractivity contribution in [1.82, 2.24) is 15.0 Å². The largest absolute Gasteiger partial charge is 0.378 e. The van der Waals surface area contributed by atoms with E-state index in [1.807, 2.05) is 62.8 Å². The molecule has 2 aromatic heterocycles. The second-order valence-electron chi connectivity index (χ2n) is 7.40. The molecule has 0 radical (unpaired) electrons. The maximum atomic E-state index is 4.86. The lowest BCUT2D eigenvalue weighted by Gasteiger charge is -2.14. The number of nitrogens with one attached hydrogen (secondary N) is 1. The topological polar surface area (TPSA) is 53.9 Å². The predicted octanol–water partition coefficient (Wildman–Crippen LogP) is 5.65. The van der Waals surface area contributed by atoms with Crippen LogP contribution in [0.3, 0.4) is 0 Å². The molecule has 3 aromatic carbocycles. The van der Waals surface area contributed by atoms with Gasteiger partial charge in [0.2, 0.25) is 0 Å². The number of aromatic nitrogens is 3. The number of fused-ring (bicyclic) bond motifs is 2. The minimum Gasteiger partial charge on any atom is -0.378 e. The van der Waals surface area contributed by atoms with Gasteiger partial charge in [0, 0.05) is 48.0 Å². The van der Waals surface area contributed by atoms with Crippen LogP contribution in [0.5, 0.6) is 0 Å². The normalized spacial score (nSPS) is 11.0. The molecular weight excluding hydrogens is 370 g/mol. The molecule has 146 valence electrons. The molecule has 0 saturated heterocycles. The molecule has 0 aliphatic heterocycles. The zero-order valence-electron chi connectivity index (χ0n) is 16.9. The zero-order valence-corrected chi connectivity index (χ0v) is 16.9. The lowest BCUT2D eigenvalue weighted by Crippen LogP contribution is -2.08. The Bertz CT molecular complexity index is 1340. The van der Waals surface area contributed by atoms with E-state index in [1.54, 1.807) is 0 Å². The Kier molecular flexibility index (Phi) is 4.48. The SMILES string of the molecule is CN(C)c1ccc(Nc2nc(-c3cnc4ccccc4c3)nc3ccccc23)cc1. The average Bonchev–Trinajstić information content (AvgIpc) is 2.79. The molecule has 0 spiro atoms. The summed E-state index contributed by atoms with van der Waals surface area (Å²) in [6, 6.07) is 26.5. The van der Waals surface area contributed by atoms with Crippen LogP contribution in [0.2, 0.25) is 0 Å². The molecule has 5 aromatic rings. The van der Waals surface area contributed by atoms with Crippen LogP contribution in [-0.4, -0.2) is 29.0 Å². The Morgan fingerprint density at radius 1 is 0.767 bits per heavy atom. The van der Waals surface area contributed by atoms with Gasteiger partial charge in [-0.15, -0.1) is 0 Å². The quantitative estimate of drug-likeness (QED) is 0.429. The second-order valence-corrected chi connectivity index (χ2v) is 7.40. The number of nitrogens with zero attached hydrogens (tertiary/aromatic N) is 4. The lowest BCUT2D eigenvalue weighted by molar-refractivity contribution is 1.13. The highest BCUT2D eigenvalue weighted by atomic mass is 15.1. The summed E-state index contributed by atoms with van der Waals surface area (Å²) in [6.07, 6.45) is 1.84. The number of para-hydroxylation sites is 2. The van der Waals surface area contributed by atoms with E-state index in [0.717, 1.165) is 44.6 Å². The molecule has 1 N–H and O–H groups in total. The summed E-state index contributed by atoms with van der Waals surface area (Å²) in [7, 11) is 4.06. The van der Waals surface area contributed by atoms with Crippen LogP contribution in [0.1, 0.15) is 0 Å². The third-order valence-electron chi connectivity index (χ3n) is 5.10. The van der Waals surface area contributed by atoms with Crippen molar-refractivity contribution < 1.29 is 0 Å². The van der Waals surface area contributed by atoms with E-state index in [9.17, 15) is 0 Å². The van der Waals surface area contributed by atoms with Crippen molar-refractivity contribution in [3.8, 4) is 11.4 Å². The average molecular weight is 391 g/mol. The standard InChI is InChI=1S/C25H21N5/c1-30(2)20-13-11-19(12-14-20)27-25-21-8-4-6-10-23(21)28-24(29-25)18-15-17-7-3-5-9-22(17)26-16-18/h3-16H,1-2H3,(H,27,28,29). The van der Waals surface area contributed by atoms with Crippen molar-refractivity contribution in [3.63, 3.8) is 0 Å². The summed E-state index contributed by atoms with van der Waals surface area (Å²) in [4.78, 5) is 16.3. The van der Waals surface area contributed by atoms with E-state index >= 15 is 0 Å². The van der Waals surface area contributed by atoms with Gasteiger partial charge >= 0.3 is 0 Å². The Balaban J connectivity index is 1.60. The summed E-state index contributed by atoms with van der Waals surface area (Å²) < 4.78 is 0. The van der Waals surface area contributed by atoms with E-state index < -0.39 is 0 Å². The van der Waals surface area contributed by atoms with Gasteiger partial charge in [0.15, 0.2) is 5.82 Å². The molecular formula is C25H21N5. The van der Waals surface area contributed by atoms with E-state index in [4.69, 9.17) is 9.97 Å². The number of anilines is 3. The molecule has 0 atom stereocenters. The monoisotopic (exact) mass is 391 g/mol. The number of benzene rings is 3. The smallest absolute Gasteiger partial charge is 0.163 e. The summed E-state index contributed by atoms with van der Waals surface area (Å²) in [5, 5.41) is 5.52. The van der Waals surface area contributed by atoms with Crippen molar-refractivity contribution in [2.24, 2.45) is 0 Å². The van der Waals surface area contributed by atoms with Crippen molar-refractivity contribution in [3.05, 3.63) is 85.1 Å². The maximum Gasteiger partial charge on any atom is 0.163 e. The van der Waals surface area contributed by atoms with Gasteiger partial charge in [0.05, 0.1) is 11.0 Å².